The summed E-state index contributed by atoms with van der Waals surface area (Å²) < 4.78 is 0. The van der Waals surface area contributed by atoms with E-state index in [1.807, 2.05) is 12.3 Å². The Hall–Kier alpha value is -0.930. The van der Waals surface area contributed by atoms with Crippen LogP contribution in [0.25, 0.3) is 0 Å². The second-order valence-corrected chi connectivity index (χ2v) is 3.72. The third-order valence-electron chi connectivity index (χ3n) is 2.72. The van der Waals surface area contributed by atoms with Gasteiger partial charge in [-0.25, -0.2) is 0 Å². The zero-order chi connectivity index (χ0) is 10.4. The Balaban J connectivity index is 2.57. The molecule has 0 radical (unpaired) electrons. The third-order valence-corrected chi connectivity index (χ3v) is 2.72. The van der Waals surface area contributed by atoms with Crippen molar-refractivity contribution in [3.8, 4) is 0 Å². The Morgan fingerprint density at radius 1 is 1.57 bits per heavy atom. The summed E-state index contributed by atoms with van der Waals surface area (Å²) in [5.41, 5.74) is 4.11. The van der Waals surface area contributed by atoms with Gasteiger partial charge < -0.3 is 0 Å². The Labute approximate surface area is 85.7 Å². The van der Waals surface area contributed by atoms with Gasteiger partial charge in [-0.1, -0.05) is 26.3 Å². The van der Waals surface area contributed by atoms with Gasteiger partial charge in [-0.2, -0.15) is 0 Å². The molecular weight excluding hydrogens is 174 g/mol. The fourth-order valence-electron chi connectivity index (χ4n) is 1.48. The molecule has 2 unspecified atom stereocenters. The lowest BCUT2D eigenvalue weighted by atomic mass is 9.94. The Morgan fingerprint density at radius 3 is 2.86 bits per heavy atom. The third kappa shape index (κ3) is 3.09. The van der Waals surface area contributed by atoms with Gasteiger partial charge >= 0.3 is 0 Å². The van der Waals surface area contributed by atoms with Gasteiger partial charge in [0.25, 0.3) is 0 Å². The summed E-state index contributed by atoms with van der Waals surface area (Å²) in [5, 5.41) is 0. The Bertz CT molecular complexity index is 248. The molecule has 2 atom stereocenters. The molecule has 0 aliphatic rings. The van der Waals surface area contributed by atoms with Crippen molar-refractivity contribution in [3.63, 3.8) is 0 Å². The quantitative estimate of drug-likeness (QED) is 0.550. The van der Waals surface area contributed by atoms with E-state index in [4.69, 9.17) is 5.84 Å². The van der Waals surface area contributed by atoms with Crippen molar-refractivity contribution < 1.29 is 0 Å². The summed E-state index contributed by atoms with van der Waals surface area (Å²) in [5.74, 6) is 6.11. The molecule has 1 aromatic heterocycles. The van der Waals surface area contributed by atoms with E-state index >= 15 is 0 Å². The van der Waals surface area contributed by atoms with E-state index in [9.17, 15) is 0 Å². The van der Waals surface area contributed by atoms with Crippen LogP contribution in [0.2, 0.25) is 0 Å². The van der Waals surface area contributed by atoms with Crippen LogP contribution in [0.4, 0.5) is 0 Å². The maximum absolute atomic E-state index is 5.53. The maximum atomic E-state index is 5.53. The largest absolute Gasteiger partial charge is 0.271 e. The highest BCUT2D eigenvalue weighted by atomic mass is 15.2. The van der Waals surface area contributed by atoms with Crippen molar-refractivity contribution >= 4 is 0 Å². The number of nitrogens with zero attached hydrogens (tertiary/aromatic N) is 1. The van der Waals surface area contributed by atoms with Gasteiger partial charge in [0.15, 0.2) is 0 Å². The molecule has 1 rings (SSSR count). The van der Waals surface area contributed by atoms with Crippen LogP contribution in [0.1, 0.15) is 25.8 Å². The second-order valence-electron chi connectivity index (χ2n) is 3.72. The second kappa shape index (κ2) is 5.73. The first-order valence-corrected chi connectivity index (χ1v) is 5.13. The van der Waals surface area contributed by atoms with Crippen molar-refractivity contribution in [1.82, 2.24) is 10.4 Å². The number of aromatic nitrogens is 1. The maximum Gasteiger partial charge on any atom is 0.0300 e. The molecule has 0 fully saturated rings. The molecular formula is C11H19N3. The van der Waals surface area contributed by atoms with Crippen LogP contribution in [0.5, 0.6) is 0 Å². The minimum atomic E-state index is 0.337. The molecule has 0 aliphatic carbocycles. The summed E-state index contributed by atoms with van der Waals surface area (Å²) in [7, 11) is 0. The molecule has 3 N–H and O–H groups in total. The molecule has 1 aromatic rings. The number of hydrogen-bond acceptors (Lipinski definition) is 3. The lowest BCUT2D eigenvalue weighted by molar-refractivity contribution is 0.370. The average Bonchev–Trinajstić information content (AvgIpc) is 2.26. The number of nitrogens with two attached hydrogens (primary N) is 1. The molecule has 0 saturated heterocycles. The number of nitrogens with one attached hydrogen (secondary N) is 1. The van der Waals surface area contributed by atoms with E-state index in [1.165, 1.54) is 5.56 Å². The van der Waals surface area contributed by atoms with Crippen LogP contribution < -0.4 is 11.3 Å². The summed E-state index contributed by atoms with van der Waals surface area (Å²) in [6, 6.07) is 4.38. The van der Waals surface area contributed by atoms with Crippen LogP contribution in [0, 0.1) is 5.92 Å². The van der Waals surface area contributed by atoms with Crippen molar-refractivity contribution in [2.75, 3.05) is 0 Å². The normalized spacial score (nSPS) is 15.1. The van der Waals surface area contributed by atoms with Crippen molar-refractivity contribution in [3.05, 3.63) is 30.1 Å². The van der Waals surface area contributed by atoms with Gasteiger partial charge in [-0.05, 0) is 24.0 Å². The number of hydrazine groups is 1. The summed E-state index contributed by atoms with van der Waals surface area (Å²) in [6.45, 7) is 4.39. The van der Waals surface area contributed by atoms with Gasteiger partial charge in [0, 0.05) is 18.4 Å². The molecule has 3 heteroatoms. The van der Waals surface area contributed by atoms with Gasteiger partial charge in [0.1, 0.15) is 0 Å². The molecule has 0 amide bonds. The number of hydrogen-bond donors (Lipinski definition) is 2. The highest BCUT2D eigenvalue weighted by Gasteiger charge is 2.14. The summed E-state index contributed by atoms with van der Waals surface area (Å²) in [4.78, 5) is 4.09. The first-order chi connectivity index (χ1) is 6.77. The first-order valence-electron chi connectivity index (χ1n) is 5.13. The van der Waals surface area contributed by atoms with Crippen molar-refractivity contribution in [2.45, 2.75) is 32.7 Å². The minimum Gasteiger partial charge on any atom is -0.271 e. The minimum absolute atomic E-state index is 0.337. The van der Waals surface area contributed by atoms with Gasteiger partial charge in [0.05, 0.1) is 0 Å². The molecule has 0 spiro atoms. The SMILES string of the molecule is CCC(C)C(Cc1cccnc1)NN. The average molecular weight is 193 g/mol. The summed E-state index contributed by atoms with van der Waals surface area (Å²) in [6.07, 6.45) is 5.76. The van der Waals surface area contributed by atoms with Crippen molar-refractivity contribution in [1.29, 1.82) is 0 Å². The molecule has 3 nitrogen and oxygen atoms in total. The zero-order valence-corrected chi connectivity index (χ0v) is 8.90. The predicted molar refractivity (Wildman–Crippen MR) is 58.5 cm³/mol. The van der Waals surface area contributed by atoms with Crippen molar-refractivity contribution in [2.24, 2.45) is 11.8 Å². The fourth-order valence-corrected chi connectivity index (χ4v) is 1.48. The van der Waals surface area contributed by atoms with E-state index < -0.39 is 0 Å². The highest BCUT2D eigenvalue weighted by Crippen LogP contribution is 2.11. The van der Waals surface area contributed by atoms with Crippen LogP contribution in [-0.4, -0.2) is 11.0 Å². The lowest BCUT2D eigenvalue weighted by Gasteiger charge is -2.21. The van der Waals surface area contributed by atoms with Gasteiger partial charge in [-0.15, -0.1) is 0 Å². The Morgan fingerprint density at radius 2 is 2.36 bits per heavy atom. The van der Waals surface area contributed by atoms with Gasteiger partial charge in [-0.3, -0.25) is 16.3 Å². The van der Waals surface area contributed by atoms with E-state index in [-0.39, 0.29) is 0 Å². The Kier molecular flexibility index (Phi) is 4.56. The zero-order valence-electron chi connectivity index (χ0n) is 8.90. The fraction of sp³-hybridized carbons (Fsp3) is 0.545. The molecule has 0 aliphatic heterocycles. The van der Waals surface area contributed by atoms with E-state index in [1.54, 1.807) is 6.20 Å². The molecule has 78 valence electrons. The lowest BCUT2D eigenvalue weighted by Crippen LogP contribution is -2.41. The monoisotopic (exact) mass is 193 g/mol. The van der Waals surface area contributed by atoms with Crippen LogP contribution in [0.15, 0.2) is 24.5 Å². The topological polar surface area (TPSA) is 50.9 Å². The molecule has 0 saturated carbocycles. The van der Waals surface area contributed by atoms with Crippen LogP contribution in [0.3, 0.4) is 0 Å². The molecule has 1 heterocycles. The predicted octanol–water partition coefficient (Wildman–Crippen LogP) is 1.50. The van der Waals surface area contributed by atoms with E-state index in [0.717, 1.165) is 12.8 Å². The smallest absolute Gasteiger partial charge is 0.0300 e. The van der Waals surface area contributed by atoms with E-state index in [2.05, 4.69) is 30.3 Å². The standard InChI is InChI=1S/C11H19N3/c1-3-9(2)11(14-12)7-10-5-4-6-13-8-10/h4-6,8-9,11,14H,3,7,12H2,1-2H3. The number of pyridine rings is 1. The number of rotatable bonds is 5. The van der Waals surface area contributed by atoms with Crippen LogP contribution in [-0.2, 0) is 6.42 Å². The van der Waals surface area contributed by atoms with E-state index in [0.29, 0.717) is 12.0 Å². The molecule has 0 aromatic carbocycles. The summed E-state index contributed by atoms with van der Waals surface area (Å²) >= 11 is 0. The highest BCUT2D eigenvalue weighted by molar-refractivity contribution is 5.10. The van der Waals surface area contributed by atoms with Crippen LogP contribution >= 0.6 is 0 Å². The molecule has 0 bridgehead atoms. The molecule has 14 heavy (non-hydrogen) atoms. The first kappa shape index (κ1) is 11.1. The van der Waals surface area contributed by atoms with Gasteiger partial charge in [0.2, 0.25) is 0 Å².